The second-order valence-electron chi connectivity index (χ2n) is 11.1. The molecule has 0 radical (unpaired) electrons. The second kappa shape index (κ2) is 17.5. The van der Waals surface area contributed by atoms with Gasteiger partial charge in [0, 0.05) is 35.5 Å². The molecular formula is C37H43N3O5. The lowest BCUT2D eigenvalue weighted by Gasteiger charge is -2.15. The Morgan fingerprint density at radius 2 is 1.24 bits per heavy atom. The molecule has 8 heteroatoms. The number of nitrogens with one attached hydrogen (secondary N) is 1. The number of hydrogen-bond acceptors (Lipinski definition) is 6. The summed E-state index contributed by atoms with van der Waals surface area (Å²) in [5.74, 6) is 0.550. The van der Waals surface area contributed by atoms with Crippen LogP contribution in [0.5, 0.6) is 11.5 Å². The van der Waals surface area contributed by atoms with Crippen LogP contribution in [0.15, 0.2) is 85.2 Å². The number of amides is 1. The lowest BCUT2D eigenvalue weighted by atomic mass is 10.0. The Bertz CT molecular complexity index is 1470. The number of aliphatic carboxylic acids is 1. The third-order valence-electron chi connectivity index (χ3n) is 7.49. The molecule has 0 spiro atoms. The summed E-state index contributed by atoms with van der Waals surface area (Å²) >= 11 is 0. The molecule has 0 aliphatic carbocycles. The van der Waals surface area contributed by atoms with Gasteiger partial charge in [0.25, 0.3) is 5.91 Å². The van der Waals surface area contributed by atoms with Gasteiger partial charge >= 0.3 is 5.97 Å². The molecule has 4 aromatic rings. The Morgan fingerprint density at radius 1 is 0.689 bits per heavy atom. The Labute approximate surface area is 265 Å². The highest BCUT2D eigenvalue weighted by Gasteiger charge is 2.21. The molecule has 0 bridgehead atoms. The molecule has 3 aromatic carbocycles. The first-order valence-electron chi connectivity index (χ1n) is 15.9. The topological polar surface area (TPSA) is 111 Å². The van der Waals surface area contributed by atoms with Crippen molar-refractivity contribution in [2.24, 2.45) is 0 Å². The number of carbonyl (C=O) groups excluding carboxylic acids is 1. The highest BCUT2D eigenvalue weighted by Crippen LogP contribution is 2.24. The van der Waals surface area contributed by atoms with Crippen LogP contribution in [0.4, 0.5) is 0 Å². The highest BCUT2D eigenvalue weighted by atomic mass is 16.5. The lowest BCUT2D eigenvalue weighted by Crippen LogP contribution is -2.42. The number of benzene rings is 3. The Kier molecular flexibility index (Phi) is 12.9. The Balaban J connectivity index is 1.30. The molecule has 0 unspecified atom stereocenters. The molecule has 0 aliphatic heterocycles. The SMILES string of the molecule is CCCCCCCOc1ccc(-c2cnc(-c3ccc(C[C@H](NC(=O)c4ccc(OCCCC)cc4)C(=O)O)cc3)nc2)cc1. The van der Waals surface area contributed by atoms with Crippen molar-refractivity contribution in [2.45, 2.75) is 71.3 Å². The van der Waals surface area contributed by atoms with Gasteiger partial charge in [-0.25, -0.2) is 14.8 Å². The van der Waals surface area contributed by atoms with Crippen molar-refractivity contribution in [3.8, 4) is 34.0 Å². The molecule has 1 atom stereocenters. The number of ether oxygens (including phenoxy) is 2. The molecule has 45 heavy (non-hydrogen) atoms. The zero-order valence-corrected chi connectivity index (χ0v) is 26.2. The number of unbranched alkanes of at least 4 members (excludes halogenated alkanes) is 5. The number of carboxylic acids is 1. The smallest absolute Gasteiger partial charge is 0.326 e. The Morgan fingerprint density at radius 3 is 1.84 bits per heavy atom. The fraction of sp³-hybridized carbons (Fsp3) is 0.351. The van der Waals surface area contributed by atoms with Gasteiger partial charge in [0.15, 0.2) is 5.82 Å². The van der Waals surface area contributed by atoms with Crippen LogP contribution < -0.4 is 14.8 Å². The van der Waals surface area contributed by atoms with E-state index in [0.29, 0.717) is 23.7 Å². The Hall–Kier alpha value is -4.72. The first kappa shape index (κ1) is 33.2. The predicted molar refractivity (Wildman–Crippen MR) is 177 cm³/mol. The third-order valence-corrected chi connectivity index (χ3v) is 7.49. The number of rotatable bonds is 18. The molecule has 0 saturated heterocycles. The maximum atomic E-state index is 12.8. The van der Waals surface area contributed by atoms with Crippen LogP contribution in [0.2, 0.25) is 0 Å². The quantitative estimate of drug-likeness (QED) is 0.111. The molecule has 236 valence electrons. The van der Waals surface area contributed by atoms with Crippen LogP contribution in [0.1, 0.15) is 74.7 Å². The number of hydrogen-bond donors (Lipinski definition) is 2. The molecule has 0 saturated carbocycles. The summed E-state index contributed by atoms with van der Waals surface area (Å²) in [6, 6.07) is 21.0. The van der Waals surface area contributed by atoms with Gasteiger partial charge in [-0.1, -0.05) is 82.3 Å². The maximum absolute atomic E-state index is 12.8. The van der Waals surface area contributed by atoms with Gasteiger partial charge in [-0.3, -0.25) is 4.79 Å². The van der Waals surface area contributed by atoms with E-state index in [0.717, 1.165) is 53.9 Å². The van der Waals surface area contributed by atoms with E-state index in [-0.39, 0.29) is 6.42 Å². The minimum absolute atomic E-state index is 0.137. The number of aromatic nitrogens is 2. The van der Waals surface area contributed by atoms with Crippen LogP contribution in [-0.2, 0) is 11.2 Å². The molecule has 1 amide bonds. The summed E-state index contributed by atoms with van der Waals surface area (Å²) in [7, 11) is 0. The van der Waals surface area contributed by atoms with E-state index < -0.39 is 17.9 Å². The van der Waals surface area contributed by atoms with Crippen LogP contribution in [0.3, 0.4) is 0 Å². The number of carbonyl (C=O) groups is 2. The molecule has 4 rings (SSSR count). The molecular weight excluding hydrogens is 566 g/mol. The third kappa shape index (κ3) is 10.4. The molecule has 1 aromatic heterocycles. The van der Waals surface area contributed by atoms with Gasteiger partial charge in [0.05, 0.1) is 13.2 Å². The van der Waals surface area contributed by atoms with Gasteiger partial charge in [-0.05, 0) is 60.4 Å². The van der Waals surface area contributed by atoms with Crippen molar-refractivity contribution in [3.63, 3.8) is 0 Å². The largest absolute Gasteiger partial charge is 0.494 e. The summed E-state index contributed by atoms with van der Waals surface area (Å²) in [5, 5.41) is 12.4. The summed E-state index contributed by atoms with van der Waals surface area (Å²) in [4.78, 5) is 33.8. The minimum atomic E-state index is -1.10. The van der Waals surface area contributed by atoms with E-state index >= 15 is 0 Å². The van der Waals surface area contributed by atoms with Crippen molar-refractivity contribution in [1.29, 1.82) is 0 Å². The van der Waals surface area contributed by atoms with Crippen molar-refractivity contribution in [1.82, 2.24) is 15.3 Å². The van der Waals surface area contributed by atoms with Gasteiger partial charge in [-0.2, -0.15) is 0 Å². The summed E-state index contributed by atoms with van der Waals surface area (Å²) in [6.45, 7) is 5.65. The number of carboxylic acid groups (broad SMARTS) is 1. The van der Waals surface area contributed by atoms with E-state index in [9.17, 15) is 14.7 Å². The van der Waals surface area contributed by atoms with Gasteiger partial charge in [0.1, 0.15) is 17.5 Å². The first-order chi connectivity index (χ1) is 22.0. The first-order valence-corrected chi connectivity index (χ1v) is 15.9. The summed E-state index contributed by atoms with van der Waals surface area (Å²) in [5.41, 5.74) is 3.86. The van der Waals surface area contributed by atoms with Crippen molar-refractivity contribution >= 4 is 11.9 Å². The monoisotopic (exact) mass is 609 g/mol. The fourth-order valence-electron chi connectivity index (χ4n) is 4.77. The second-order valence-corrected chi connectivity index (χ2v) is 11.1. The van der Waals surface area contributed by atoms with Crippen LogP contribution >= 0.6 is 0 Å². The normalized spacial score (nSPS) is 11.5. The zero-order valence-electron chi connectivity index (χ0n) is 26.2. The standard InChI is InChI=1S/C37H43N3O5/c1-3-5-7-8-9-23-45-32-18-14-28(15-19-32)31-25-38-35(39-26-31)29-12-10-27(11-13-29)24-34(37(42)43)40-36(41)30-16-20-33(21-17-30)44-22-6-4-2/h10-21,25-26,34H,3-9,22-24H2,1-2H3,(H,40,41)(H,42,43)/t34-/m0/s1. The van der Waals surface area contributed by atoms with E-state index in [2.05, 4.69) is 29.1 Å². The summed E-state index contributed by atoms with van der Waals surface area (Å²) < 4.78 is 11.5. The van der Waals surface area contributed by atoms with Crippen LogP contribution in [0.25, 0.3) is 22.5 Å². The predicted octanol–water partition coefficient (Wildman–Crippen LogP) is 7.76. The van der Waals surface area contributed by atoms with E-state index in [1.807, 2.05) is 48.5 Å². The number of nitrogens with zero attached hydrogens (tertiary/aromatic N) is 2. The molecule has 0 fully saturated rings. The van der Waals surface area contributed by atoms with E-state index in [1.165, 1.54) is 25.7 Å². The molecule has 1 heterocycles. The summed E-state index contributed by atoms with van der Waals surface area (Å²) in [6.07, 6.45) is 11.8. The average Bonchev–Trinajstić information content (AvgIpc) is 3.07. The van der Waals surface area contributed by atoms with Crippen LogP contribution in [0, 0.1) is 0 Å². The van der Waals surface area contributed by atoms with Gasteiger partial charge in [0.2, 0.25) is 0 Å². The van der Waals surface area contributed by atoms with Crippen molar-refractivity contribution < 1.29 is 24.2 Å². The molecule has 8 nitrogen and oxygen atoms in total. The zero-order chi connectivity index (χ0) is 31.9. The van der Waals surface area contributed by atoms with Crippen molar-refractivity contribution in [2.75, 3.05) is 13.2 Å². The maximum Gasteiger partial charge on any atom is 0.326 e. The highest BCUT2D eigenvalue weighted by molar-refractivity contribution is 5.96. The fourth-order valence-corrected chi connectivity index (χ4v) is 4.77. The van der Waals surface area contributed by atoms with E-state index in [4.69, 9.17) is 9.47 Å². The van der Waals surface area contributed by atoms with Crippen LogP contribution in [-0.4, -0.2) is 46.2 Å². The van der Waals surface area contributed by atoms with Crippen molar-refractivity contribution in [3.05, 3.63) is 96.3 Å². The molecule has 0 aliphatic rings. The minimum Gasteiger partial charge on any atom is -0.494 e. The van der Waals surface area contributed by atoms with Gasteiger partial charge in [-0.15, -0.1) is 0 Å². The lowest BCUT2D eigenvalue weighted by molar-refractivity contribution is -0.139. The van der Waals surface area contributed by atoms with E-state index in [1.54, 1.807) is 36.7 Å². The molecule has 2 N–H and O–H groups in total. The van der Waals surface area contributed by atoms with Gasteiger partial charge < -0.3 is 19.9 Å². The average molecular weight is 610 g/mol.